The summed E-state index contributed by atoms with van der Waals surface area (Å²) in [5.74, 6) is 1.33. The Bertz CT molecular complexity index is 1100. The van der Waals surface area contributed by atoms with Gasteiger partial charge in [0.05, 0.1) is 19.8 Å². The predicted octanol–water partition coefficient (Wildman–Crippen LogP) is 4.76. The van der Waals surface area contributed by atoms with E-state index in [1.54, 1.807) is 37.4 Å². The minimum Gasteiger partial charge on any atom is -0.497 e. The maximum absolute atomic E-state index is 12.6. The number of hydrogen-bond donors (Lipinski definition) is 1. The van der Waals surface area contributed by atoms with Gasteiger partial charge in [0.15, 0.2) is 5.58 Å². The lowest BCUT2D eigenvalue weighted by Crippen LogP contribution is -2.13. The molecule has 0 saturated heterocycles. The monoisotopic (exact) mass is 374 g/mol. The van der Waals surface area contributed by atoms with Crippen molar-refractivity contribution in [3.63, 3.8) is 0 Å². The van der Waals surface area contributed by atoms with Crippen molar-refractivity contribution >= 4 is 22.7 Å². The average molecular weight is 374 g/mol. The van der Waals surface area contributed by atoms with Gasteiger partial charge in [-0.2, -0.15) is 0 Å². The maximum Gasteiger partial charge on any atom is 0.259 e. The van der Waals surface area contributed by atoms with Gasteiger partial charge < -0.3 is 19.2 Å². The van der Waals surface area contributed by atoms with Gasteiger partial charge in [-0.1, -0.05) is 12.1 Å². The second-order valence-corrected chi connectivity index (χ2v) is 6.08. The number of carbonyl (C=O) groups is 1. The number of fused-ring (bicyclic) bond motifs is 1. The number of carbonyl (C=O) groups excluding carboxylic acids is 1. The molecule has 140 valence electrons. The quantitative estimate of drug-likeness (QED) is 0.545. The Balaban J connectivity index is 1.54. The highest BCUT2D eigenvalue weighted by Crippen LogP contribution is 2.27. The second kappa shape index (κ2) is 7.44. The molecule has 1 heterocycles. The highest BCUT2D eigenvalue weighted by Gasteiger charge is 2.14. The first-order valence-corrected chi connectivity index (χ1v) is 8.67. The molecule has 6 heteroatoms. The molecule has 1 aromatic heterocycles. The average Bonchev–Trinajstić information content (AvgIpc) is 3.18. The van der Waals surface area contributed by atoms with Gasteiger partial charge in [0.25, 0.3) is 5.91 Å². The normalized spacial score (nSPS) is 10.6. The van der Waals surface area contributed by atoms with E-state index in [2.05, 4.69) is 10.3 Å². The fourth-order valence-corrected chi connectivity index (χ4v) is 2.88. The van der Waals surface area contributed by atoms with Crippen LogP contribution in [0.15, 0.2) is 71.1 Å². The lowest BCUT2D eigenvalue weighted by atomic mass is 10.1. The molecule has 0 unspecified atom stereocenters. The molecule has 6 nitrogen and oxygen atoms in total. The molecule has 0 radical (unpaired) electrons. The molecule has 0 aliphatic heterocycles. The molecule has 0 atom stereocenters. The summed E-state index contributed by atoms with van der Waals surface area (Å²) in [7, 11) is 3.08. The van der Waals surface area contributed by atoms with Crippen LogP contribution in [0.5, 0.6) is 11.5 Å². The summed E-state index contributed by atoms with van der Waals surface area (Å²) in [5, 5.41) is 2.86. The van der Waals surface area contributed by atoms with E-state index in [0.717, 1.165) is 16.7 Å². The molecule has 0 bridgehead atoms. The third-order valence-electron chi connectivity index (χ3n) is 4.34. The number of ether oxygens (including phenoxy) is 2. The van der Waals surface area contributed by atoms with Gasteiger partial charge in [0.1, 0.15) is 17.0 Å². The number of amides is 1. The Morgan fingerprint density at radius 3 is 2.46 bits per heavy atom. The number of nitrogens with zero attached hydrogens (tertiary/aromatic N) is 1. The summed E-state index contributed by atoms with van der Waals surface area (Å²) >= 11 is 0. The number of oxazole rings is 1. The van der Waals surface area contributed by atoms with Crippen LogP contribution in [0.3, 0.4) is 0 Å². The molecule has 0 fully saturated rings. The number of para-hydroxylation sites is 2. The molecule has 28 heavy (non-hydrogen) atoms. The largest absolute Gasteiger partial charge is 0.497 e. The fourth-order valence-electron chi connectivity index (χ4n) is 2.88. The van der Waals surface area contributed by atoms with E-state index in [9.17, 15) is 4.79 Å². The van der Waals surface area contributed by atoms with Crippen LogP contribution < -0.4 is 14.8 Å². The van der Waals surface area contributed by atoms with E-state index in [4.69, 9.17) is 13.9 Å². The molecule has 0 spiro atoms. The summed E-state index contributed by atoms with van der Waals surface area (Å²) in [5.41, 5.74) is 3.45. The smallest absolute Gasteiger partial charge is 0.259 e. The summed E-state index contributed by atoms with van der Waals surface area (Å²) < 4.78 is 16.2. The third kappa shape index (κ3) is 3.40. The van der Waals surface area contributed by atoms with Crippen molar-refractivity contribution in [1.29, 1.82) is 0 Å². The van der Waals surface area contributed by atoms with Gasteiger partial charge in [-0.15, -0.1) is 0 Å². The van der Waals surface area contributed by atoms with Crippen molar-refractivity contribution in [1.82, 2.24) is 4.98 Å². The van der Waals surface area contributed by atoms with Crippen LogP contribution in [0, 0.1) is 0 Å². The first kappa shape index (κ1) is 17.6. The van der Waals surface area contributed by atoms with Crippen LogP contribution in [0.1, 0.15) is 10.4 Å². The number of methoxy groups -OCH3 is 2. The Kier molecular flexibility index (Phi) is 4.68. The topological polar surface area (TPSA) is 73.6 Å². The van der Waals surface area contributed by atoms with E-state index >= 15 is 0 Å². The Morgan fingerprint density at radius 2 is 1.75 bits per heavy atom. The van der Waals surface area contributed by atoms with E-state index in [0.29, 0.717) is 28.6 Å². The summed E-state index contributed by atoms with van der Waals surface area (Å²) in [4.78, 5) is 17.1. The molecule has 4 aromatic rings. The van der Waals surface area contributed by atoms with Crippen molar-refractivity contribution < 1.29 is 18.7 Å². The number of anilines is 1. The van der Waals surface area contributed by atoms with Crippen LogP contribution in [-0.4, -0.2) is 25.1 Å². The number of hydrogen-bond acceptors (Lipinski definition) is 5. The minimum atomic E-state index is -0.269. The second-order valence-electron chi connectivity index (χ2n) is 6.08. The van der Waals surface area contributed by atoms with Gasteiger partial charge in [-0.25, -0.2) is 4.98 Å². The van der Waals surface area contributed by atoms with E-state index in [1.165, 1.54) is 7.11 Å². The van der Waals surface area contributed by atoms with Gasteiger partial charge in [-0.05, 0) is 48.5 Å². The molecule has 0 aliphatic carbocycles. The first-order chi connectivity index (χ1) is 13.7. The number of rotatable bonds is 5. The summed E-state index contributed by atoms with van der Waals surface area (Å²) in [6.45, 7) is 0. The number of aromatic nitrogens is 1. The Morgan fingerprint density at radius 1 is 0.964 bits per heavy atom. The summed E-state index contributed by atoms with van der Waals surface area (Å²) in [6, 6.07) is 20.0. The van der Waals surface area contributed by atoms with Crippen LogP contribution in [0.25, 0.3) is 22.6 Å². The lowest BCUT2D eigenvalue weighted by Gasteiger charge is -2.11. The third-order valence-corrected chi connectivity index (χ3v) is 4.34. The zero-order valence-electron chi connectivity index (χ0n) is 15.4. The van der Waals surface area contributed by atoms with Gasteiger partial charge >= 0.3 is 0 Å². The van der Waals surface area contributed by atoms with Crippen LogP contribution in [0.4, 0.5) is 5.69 Å². The number of nitrogens with one attached hydrogen (secondary N) is 1. The van der Waals surface area contributed by atoms with Crippen molar-refractivity contribution in [2.45, 2.75) is 0 Å². The maximum atomic E-state index is 12.6. The van der Waals surface area contributed by atoms with E-state index < -0.39 is 0 Å². The molecule has 1 N–H and O–H groups in total. The molecular formula is C22H18N2O4. The molecular weight excluding hydrogens is 356 g/mol. The van der Waals surface area contributed by atoms with Crippen LogP contribution in [-0.2, 0) is 0 Å². The van der Waals surface area contributed by atoms with Crippen molar-refractivity contribution in [3.8, 4) is 23.0 Å². The SMILES string of the molecule is COc1ccc(C(=O)Nc2ccc(-c3nc4ccccc4o3)cc2)c(OC)c1. The highest BCUT2D eigenvalue weighted by atomic mass is 16.5. The molecule has 1 amide bonds. The zero-order chi connectivity index (χ0) is 19.5. The highest BCUT2D eigenvalue weighted by molar-refractivity contribution is 6.06. The predicted molar refractivity (Wildman–Crippen MR) is 107 cm³/mol. The fraction of sp³-hybridized carbons (Fsp3) is 0.0909. The minimum absolute atomic E-state index is 0.269. The van der Waals surface area contributed by atoms with E-state index in [1.807, 2.05) is 36.4 Å². The lowest BCUT2D eigenvalue weighted by molar-refractivity contribution is 0.102. The molecule has 0 saturated carbocycles. The molecule has 4 rings (SSSR count). The zero-order valence-corrected chi connectivity index (χ0v) is 15.4. The Labute approximate surface area is 161 Å². The molecule has 0 aliphatic rings. The van der Waals surface area contributed by atoms with Crippen LogP contribution in [0.2, 0.25) is 0 Å². The van der Waals surface area contributed by atoms with Gasteiger partial charge in [-0.3, -0.25) is 4.79 Å². The van der Waals surface area contributed by atoms with Crippen molar-refractivity contribution in [2.75, 3.05) is 19.5 Å². The van der Waals surface area contributed by atoms with Gasteiger partial charge in [0.2, 0.25) is 5.89 Å². The van der Waals surface area contributed by atoms with E-state index in [-0.39, 0.29) is 5.91 Å². The summed E-state index contributed by atoms with van der Waals surface area (Å²) in [6.07, 6.45) is 0. The molecule has 3 aromatic carbocycles. The van der Waals surface area contributed by atoms with Crippen LogP contribution >= 0.6 is 0 Å². The van der Waals surface area contributed by atoms with Crippen molar-refractivity contribution in [3.05, 3.63) is 72.3 Å². The Hall–Kier alpha value is -3.80. The van der Waals surface area contributed by atoms with Gasteiger partial charge in [0, 0.05) is 17.3 Å². The standard InChI is InChI=1S/C22H18N2O4/c1-26-16-11-12-17(20(13-16)27-2)21(25)23-15-9-7-14(8-10-15)22-24-18-5-3-4-6-19(18)28-22/h3-13H,1-2H3,(H,23,25). The van der Waals surface area contributed by atoms with Crippen molar-refractivity contribution in [2.24, 2.45) is 0 Å². The number of benzene rings is 3. The first-order valence-electron chi connectivity index (χ1n) is 8.67.